The van der Waals surface area contributed by atoms with Crippen molar-refractivity contribution in [3.8, 4) is 5.75 Å². The van der Waals surface area contributed by atoms with E-state index in [1.165, 1.54) is 17.0 Å². The number of carbonyl (C=O) groups excluding carboxylic acids is 11. The van der Waals surface area contributed by atoms with Gasteiger partial charge in [0.25, 0.3) is 0 Å². The molecule has 11 amide bonds. The quantitative estimate of drug-likeness (QED) is 0.0223. The zero-order chi connectivity index (χ0) is 55.0. The summed E-state index contributed by atoms with van der Waals surface area (Å²) in [6.45, 7) is -0.215. The van der Waals surface area contributed by atoms with Gasteiger partial charge in [0.1, 0.15) is 42.0 Å². The molecule has 0 aliphatic carbocycles. The van der Waals surface area contributed by atoms with E-state index >= 15 is 0 Å². The lowest BCUT2D eigenvalue weighted by atomic mass is 10.00. The number of nitrogens with two attached hydrogens (primary N) is 5. The number of primary amides is 2. The summed E-state index contributed by atoms with van der Waals surface area (Å²) in [5.74, 6) is -9.74. The van der Waals surface area contributed by atoms with Crippen molar-refractivity contribution in [2.45, 2.75) is 113 Å². The number of rotatable bonds is 18. The van der Waals surface area contributed by atoms with Gasteiger partial charge in [0, 0.05) is 56.3 Å². The molecule has 18 N–H and O–H groups in total. The van der Waals surface area contributed by atoms with Gasteiger partial charge in [-0.05, 0) is 61.8 Å². The van der Waals surface area contributed by atoms with E-state index in [-0.39, 0.29) is 81.3 Å². The van der Waals surface area contributed by atoms with E-state index in [1.54, 1.807) is 42.5 Å². The molecule has 2 aromatic carbocycles. The van der Waals surface area contributed by atoms with Crippen molar-refractivity contribution in [2.75, 3.05) is 31.1 Å². The molecule has 2 saturated heterocycles. The van der Waals surface area contributed by atoms with E-state index < -0.39 is 133 Å². The molecule has 0 aromatic heterocycles. The summed E-state index contributed by atoms with van der Waals surface area (Å²) in [6.07, 6.45) is -1.33. The largest absolute Gasteiger partial charge is 0.508 e. The van der Waals surface area contributed by atoms with Gasteiger partial charge in [-0.2, -0.15) is 0 Å². The van der Waals surface area contributed by atoms with Crippen molar-refractivity contribution in [3.63, 3.8) is 0 Å². The topological polar surface area (TPSA) is 438 Å². The standard InChI is InChI=1S/C47H66N14O12S2/c48-24-40(67)56-31(8-4-17-53-47(51)52)46(73)61-18-5-9-35(61)45(72)60-44(71)34-25-75-74-19-16-38(65)57-32(21-27-10-12-29(62)13-11-27)42(69)54-28(20-26-6-2-1-3-7-26)22-39(66)55-30(14-15-36(49)63)41(68)58-33(23-37(50)64)43(70)59-34/h1-3,6-7,10-13,28,30-35,62H,4-5,8-9,14-25,48H2,(H2,49,63)(H2,50,64)(H,54,69)(H,55,66)(H,56,67)(H,57,65)(H,58,68)(H,59,70)(H4,51,52,53)(H,60,71,72)/t28-,30-,31-,32-,33-,34-,35-/m0/s1. The molecular weight excluding hydrogens is 1020 g/mol. The third kappa shape index (κ3) is 21.1. The molecule has 0 radical (unpaired) electrons. The van der Waals surface area contributed by atoms with Crippen LogP contribution in [0.15, 0.2) is 59.6 Å². The van der Waals surface area contributed by atoms with Crippen LogP contribution in [0.25, 0.3) is 0 Å². The Bertz CT molecular complexity index is 2400. The number of hydrogen-bond donors (Lipinski definition) is 13. The van der Waals surface area contributed by atoms with Crippen molar-refractivity contribution in [3.05, 3.63) is 65.7 Å². The van der Waals surface area contributed by atoms with Crippen LogP contribution in [-0.2, 0) is 65.6 Å². The highest BCUT2D eigenvalue weighted by Gasteiger charge is 2.39. The Morgan fingerprint density at radius 2 is 1.43 bits per heavy atom. The monoisotopic (exact) mass is 1080 g/mol. The summed E-state index contributed by atoms with van der Waals surface area (Å²) < 4.78 is 0. The highest BCUT2D eigenvalue weighted by atomic mass is 33.1. The fourth-order valence-electron chi connectivity index (χ4n) is 8.01. The van der Waals surface area contributed by atoms with Crippen molar-refractivity contribution in [2.24, 2.45) is 33.7 Å². The van der Waals surface area contributed by atoms with Gasteiger partial charge >= 0.3 is 0 Å². The Morgan fingerprint density at radius 3 is 2.09 bits per heavy atom. The number of hydrogen-bond acceptors (Lipinski definition) is 16. The van der Waals surface area contributed by atoms with Gasteiger partial charge in [0.2, 0.25) is 65.0 Å². The number of amides is 11. The van der Waals surface area contributed by atoms with E-state index in [2.05, 4.69) is 42.2 Å². The Kier molecular flexibility index (Phi) is 24.6. The minimum Gasteiger partial charge on any atom is -0.508 e. The van der Waals surface area contributed by atoms with Gasteiger partial charge in [0.15, 0.2) is 5.96 Å². The second kappa shape index (κ2) is 30.7. The highest BCUT2D eigenvalue weighted by Crippen LogP contribution is 2.24. The molecule has 7 atom stereocenters. The summed E-state index contributed by atoms with van der Waals surface area (Å²) in [6, 6.07) is 5.43. The van der Waals surface area contributed by atoms with Gasteiger partial charge < -0.3 is 70.6 Å². The second-order valence-electron chi connectivity index (χ2n) is 17.7. The summed E-state index contributed by atoms with van der Waals surface area (Å²) >= 11 is 0. The number of imide groups is 1. The summed E-state index contributed by atoms with van der Waals surface area (Å²) in [7, 11) is 2.10. The number of guanidine groups is 1. The van der Waals surface area contributed by atoms with Crippen molar-refractivity contribution in [1.29, 1.82) is 0 Å². The van der Waals surface area contributed by atoms with Crippen molar-refractivity contribution < 1.29 is 57.8 Å². The summed E-state index contributed by atoms with van der Waals surface area (Å²) in [5, 5.41) is 27.7. The molecule has 4 rings (SSSR count). The van der Waals surface area contributed by atoms with Gasteiger partial charge in [0.05, 0.1) is 13.0 Å². The third-order valence-corrected chi connectivity index (χ3v) is 14.1. The molecule has 0 bridgehead atoms. The molecule has 2 aromatic rings. The number of aromatic hydroxyl groups is 1. The number of phenolic OH excluding ortho intramolecular Hbond substituents is 1. The predicted octanol–water partition coefficient (Wildman–Crippen LogP) is -3.95. The number of nitrogens with one attached hydrogen (secondary N) is 7. The first kappa shape index (κ1) is 60.1. The minimum absolute atomic E-state index is 0.0268. The minimum atomic E-state index is -1.78. The highest BCUT2D eigenvalue weighted by molar-refractivity contribution is 8.76. The van der Waals surface area contributed by atoms with E-state index in [1.807, 2.05) is 0 Å². The van der Waals surface area contributed by atoms with Crippen LogP contribution in [0.3, 0.4) is 0 Å². The molecule has 26 nitrogen and oxygen atoms in total. The number of benzene rings is 2. The van der Waals surface area contributed by atoms with Crippen LogP contribution < -0.4 is 65.9 Å². The average molecular weight is 1080 g/mol. The summed E-state index contributed by atoms with van der Waals surface area (Å²) in [5.41, 5.74) is 28.5. The van der Waals surface area contributed by atoms with Crippen LogP contribution >= 0.6 is 21.6 Å². The van der Waals surface area contributed by atoms with Gasteiger partial charge in [-0.25, -0.2) is 0 Å². The van der Waals surface area contributed by atoms with Crippen LogP contribution in [0.4, 0.5) is 0 Å². The Morgan fingerprint density at radius 1 is 0.760 bits per heavy atom. The van der Waals surface area contributed by atoms with E-state index in [4.69, 9.17) is 28.7 Å². The first-order chi connectivity index (χ1) is 35.7. The number of nitrogens with zero attached hydrogens (tertiary/aromatic N) is 2. The normalized spacial score (nSPS) is 21.8. The molecule has 2 aliphatic rings. The maximum absolute atomic E-state index is 14.1. The van der Waals surface area contributed by atoms with E-state index in [0.717, 1.165) is 27.2 Å². The van der Waals surface area contributed by atoms with Crippen LogP contribution in [-0.4, -0.2) is 154 Å². The molecule has 0 saturated carbocycles. The molecule has 28 heteroatoms. The maximum Gasteiger partial charge on any atom is 0.250 e. The lowest BCUT2D eigenvalue weighted by Crippen LogP contribution is -2.59. The third-order valence-electron chi connectivity index (χ3n) is 11.7. The first-order valence-corrected chi connectivity index (χ1v) is 26.5. The fraction of sp³-hybridized carbons (Fsp3) is 0.489. The number of carbonyl (C=O) groups is 11. The fourth-order valence-corrected chi connectivity index (χ4v) is 10.2. The Balaban J connectivity index is 1.64. The lowest BCUT2D eigenvalue weighted by molar-refractivity contribution is -0.143. The van der Waals surface area contributed by atoms with Crippen LogP contribution in [0, 0.1) is 0 Å². The SMILES string of the molecule is NCC(=O)N[C@@H](CCCN=C(N)N)C(=O)N1CCC[C@H]1C(=O)NC(=O)[C@@H]1CSSCCC(=O)N[C@@H](Cc2ccc(O)cc2)C(=O)N[C@@H](Cc2ccccc2)CC(=O)N[C@@H](CCC(N)=O)C(=O)N[C@@H](CC(N)=O)C(=O)N1. The van der Waals surface area contributed by atoms with Gasteiger partial charge in [-0.15, -0.1) is 0 Å². The Labute approximate surface area is 440 Å². The molecule has 0 unspecified atom stereocenters. The average Bonchev–Trinajstić information content (AvgIpc) is 3.86. The Hall–Kier alpha value is -7.46. The smallest absolute Gasteiger partial charge is 0.250 e. The second-order valence-corrected chi connectivity index (χ2v) is 20.3. The van der Waals surface area contributed by atoms with Gasteiger partial charge in [-0.3, -0.25) is 63.0 Å². The zero-order valence-corrected chi connectivity index (χ0v) is 42.7. The molecule has 408 valence electrons. The molecule has 2 aliphatic heterocycles. The molecule has 75 heavy (non-hydrogen) atoms. The van der Waals surface area contributed by atoms with Crippen LogP contribution in [0.5, 0.6) is 5.75 Å². The van der Waals surface area contributed by atoms with Crippen molar-refractivity contribution >= 4 is 92.5 Å². The molecule has 0 spiro atoms. The first-order valence-electron chi connectivity index (χ1n) is 24.1. The summed E-state index contributed by atoms with van der Waals surface area (Å²) in [4.78, 5) is 153. The predicted molar refractivity (Wildman–Crippen MR) is 277 cm³/mol. The van der Waals surface area contributed by atoms with Crippen molar-refractivity contribution in [1.82, 2.24) is 42.1 Å². The van der Waals surface area contributed by atoms with Gasteiger partial charge in [-0.1, -0.05) is 64.1 Å². The zero-order valence-electron chi connectivity index (χ0n) is 41.1. The molecular formula is C47H66N14O12S2. The number of phenols is 1. The van der Waals surface area contributed by atoms with Crippen LogP contribution in [0.1, 0.15) is 68.9 Å². The maximum atomic E-state index is 14.1. The van der Waals surface area contributed by atoms with E-state index in [9.17, 15) is 57.8 Å². The number of aliphatic imine (C=N–C) groups is 1. The lowest BCUT2D eigenvalue weighted by Gasteiger charge is -2.29. The van der Waals surface area contributed by atoms with Crippen LogP contribution in [0.2, 0.25) is 0 Å². The molecule has 2 heterocycles. The van der Waals surface area contributed by atoms with E-state index in [0.29, 0.717) is 12.0 Å². The number of likely N-dealkylation sites (tertiary alicyclic amines) is 1. The molecule has 2 fully saturated rings.